The number of carboxylic acid groups (broad SMARTS) is 1. The van der Waals surface area contributed by atoms with Crippen molar-refractivity contribution in [1.29, 1.82) is 0 Å². The van der Waals surface area contributed by atoms with Crippen molar-refractivity contribution >= 4 is 17.6 Å². The molecule has 1 aromatic rings. The quantitative estimate of drug-likeness (QED) is 0.169. The molecule has 3 N–H and O–H groups in total. The summed E-state index contributed by atoms with van der Waals surface area (Å²) in [5, 5.41) is 16.4. The van der Waals surface area contributed by atoms with Gasteiger partial charge in [0.05, 0.1) is 5.56 Å². The molecule has 0 unspecified atom stereocenters. The number of aromatic carboxylic acids is 1. The molecule has 4 saturated carbocycles. The Morgan fingerprint density at radius 2 is 1.60 bits per heavy atom. The Bertz CT molecular complexity index is 1500. The first kappa shape index (κ1) is 37.2. The van der Waals surface area contributed by atoms with E-state index >= 15 is 0 Å². The van der Waals surface area contributed by atoms with Crippen molar-refractivity contribution in [3.63, 3.8) is 0 Å². The molecule has 5 aliphatic rings. The summed E-state index contributed by atoms with van der Waals surface area (Å²) in [5.41, 5.74) is 4.70. The van der Waals surface area contributed by atoms with Crippen LogP contribution in [0.1, 0.15) is 135 Å². The zero-order chi connectivity index (χ0) is 36.3. The lowest BCUT2D eigenvalue weighted by Crippen LogP contribution is -2.68. The van der Waals surface area contributed by atoms with Gasteiger partial charge in [0.15, 0.2) is 0 Å². The molecule has 50 heavy (non-hydrogen) atoms. The highest BCUT2D eigenvalue weighted by atomic mass is 16.4. The fourth-order valence-electron chi connectivity index (χ4n) is 13.5. The molecule has 0 radical (unpaired) electrons. The first-order valence-electron chi connectivity index (χ1n) is 19.9. The van der Waals surface area contributed by atoms with Gasteiger partial charge >= 0.3 is 12.0 Å². The minimum absolute atomic E-state index is 0.00131. The van der Waals surface area contributed by atoms with Crippen molar-refractivity contribution in [2.24, 2.45) is 51.2 Å². The van der Waals surface area contributed by atoms with Gasteiger partial charge in [0.1, 0.15) is 0 Å². The molecule has 2 amide bonds. The van der Waals surface area contributed by atoms with Gasteiger partial charge < -0.3 is 20.6 Å². The number of hydrogen-bond acceptors (Lipinski definition) is 3. The molecular weight excluding hydrogens is 619 g/mol. The second-order valence-electron chi connectivity index (χ2n) is 19.0. The van der Waals surface area contributed by atoms with E-state index in [4.69, 9.17) is 0 Å². The zero-order valence-electron chi connectivity index (χ0n) is 32.6. The van der Waals surface area contributed by atoms with Gasteiger partial charge in [-0.2, -0.15) is 0 Å². The van der Waals surface area contributed by atoms with Crippen LogP contribution in [0.25, 0.3) is 5.57 Å². The SMILES string of the molecule is C=C(C)[C@@H]1CC[C@]2(NC(=O)NCCCCCN(C)C)CC[C@]3(C)[C@H](CC[C@@H]4[C@@]5(C)CC=C(c6ccc(C(=O)O)cc6)C(C)(C)[C@@H]5CC[C@]43C)[C@@H]12. The highest BCUT2D eigenvalue weighted by molar-refractivity contribution is 5.88. The van der Waals surface area contributed by atoms with Gasteiger partial charge in [-0.05, 0) is 173 Å². The van der Waals surface area contributed by atoms with E-state index in [1.807, 2.05) is 12.1 Å². The van der Waals surface area contributed by atoms with Crippen molar-refractivity contribution in [2.45, 2.75) is 124 Å². The molecule has 6 nitrogen and oxygen atoms in total. The lowest BCUT2D eigenvalue weighted by atomic mass is 9.33. The van der Waals surface area contributed by atoms with Crippen LogP contribution in [0.3, 0.4) is 0 Å². The van der Waals surface area contributed by atoms with Crippen molar-refractivity contribution in [3.05, 3.63) is 53.6 Å². The lowest BCUT2D eigenvalue weighted by molar-refractivity contribution is -0.218. The van der Waals surface area contributed by atoms with Gasteiger partial charge in [0.2, 0.25) is 0 Å². The number of benzene rings is 1. The van der Waals surface area contributed by atoms with Gasteiger partial charge in [-0.25, -0.2) is 9.59 Å². The van der Waals surface area contributed by atoms with E-state index in [9.17, 15) is 14.7 Å². The highest BCUT2D eigenvalue weighted by Gasteiger charge is 2.70. The summed E-state index contributed by atoms with van der Waals surface area (Å²) in [5.74, 6) is 1.81. The monoisotopic (exact) mass is 686 g/mol. The summed E-state index contributed by atoms with van der Waals surface area (Å²) < 4.78 is 0. The summed E-state index contributed by atoms with van der Waals surface area (Å²) in [6, 6.07) is 7.60. The smallest absolute Gasteiger partial charge is 0.335 e. The molecule has 9 atom stereocenters. The Morgan fingerprint density at radius 1 is 0.880 bits per heavy atom. The molecule has 0 aliphatic heterocycles. The van der Waals surface area contributed by atoms with E-state index in [0.29, 0.717) is 35.2 Å². The van der Waals surface area contributed by atoms with Crippen LogP contribution < -0.4 is 10.6 Å². The molecule has 5 aliphatic carbocycles. The van der Waals surface area contributed by atoms with E-state index in [2.05, 4.69) is 83.8 Å². The first-order chi connectivity index (χ1) is 23.5. The number of nitrogens with zero attached hydrogens (tertiary/aromatic N) is 1. The Kier molecular flexibility index (Phi) is 9.98. The van der Waals surface area contributed by atoms with Gasteiger partial charge in [0.25, 0.3) is 0 Å². The predicted molar refractivity (Wildman–Crippen MR) is 205 cm³/mol. The number of amides is 2. The van der Waals surface area contributed by atoms with Crippen LogP contribution in [0.15, 0.2) is 42.5 Å². The normalized spacial score (nSPS) is 38.6. The average molecular weight is 686 g/mol. The number of hydrogen-bond donors (Lipinski definition) is 3. The summed E-state index contributed by atoms with van der Waals surface area (Å²) in [6.07, 6.45) is 16.3. The van der Waals surface area contributed by atoms with Crippen molar-refractivity contribution < 1.29 is 14.7 Å². The topological polar surface area (TPSA) is 81.7 Å². The Balaban J connectivity index is 1.24. The number of allylic oxidation sites excluding steroid dienone is 3. The van der Waals surface area contributed by atoms with Gasteiger partial charge in [-0.3, -0.25) is 0 Å². The minimum Gasteiger partial charge on any atom is -0.478 e. The molecular formula is C44H67N3O3. The largest absolute Gasteiger partial charge is 0.478 e. The predicted octanol–water partition coefficient (Wildman–Crippen LogP) is 9.82. The third-order valence-electron chi connectivity index (χ3n) is 16.0. The number of carboxylic acids is 1. The van der Waals surface area contributed by atoms with Gasteiger partial charge in [-0.1, -0.05) is 71.4 Å². The third-order valence-corrected chi connectivity index (χ3v) is 16.0. The van der Waals surface area contributed by atoms with E-state index in [1.54, 1.807) is 12.1 Å². The van der Waals surface area contributed by atoms with Gasteiger partial charge in [0, 0.05) is 12.1 Å². The summed E-state index contributed by atoms with van der Waals surface area (Å²) in [6.45, 7) is 21.5. The molecule has 0 aromatic heterocycles. The van der Waals surface area contributed by atoms with E-state index in [1.165, 1.54) is 55.2 Å². The van der Waals surface area contributed by atoms with E-state index < -0.39 is 5.97 Å². The minimum atomic E-state index is -0.871. The van der Waals surface area contributed by atoms with Crippen LogP contribution in [-0.4, -0.2) is 54.7 Å². The lowest BCUT2D eigenvalue weighted by Gasteiger charge is -2.72. The summed E-state index contributed by atoms with van der Waals surface area (Å²) in [4.78, 5) is 27.3. The zero-order valence-corrected chi connectivity index (χ0v) is 32.6. The Labute approximate surface area is 303 Å². The molecule has 0 bridgehead atoms. The van der Waals surface area contributed by atoms with Crippen LogP contribution in [0.5, 0.6) is 0 Å². The number of urea groups is 1. The maximum atomic E-state index is 13.5. The maximum Gasteiger partial charge on any atom is 0.335 e. The van der Waals surface area contributed by atoms with Crippen molar-refractivity contribution in [3.8, 4) is 0 Å². The van der Waals surface area contributed by atoms with Crippen molar-refractivity contribution in [1.82, 2.24) is 15.5 Å². The van der Waals surface area contributed by atoms with Crippen LogP contribution in [0.4, 0.5) is 4.79 Å². The molecule has 276 valence electrons. The fourth-order valence-corrected chi connectivity index (χ4v) is 13.5. The number of carbonyl (C=O) groups excluding carboxylic acids is 1. The van der Waals surface area contributed by atoms with E-state index in [0.717, 1.165) is 51.6 Å². The number of unbranched alkanes of at least 4 members (excludes halogenated alkanes) is 2. The standard InChI is InChI=1S/C44H67N3O3/c1-29(2)32-19-24-44(46-39(50)45-27-11-10-12-28-47(8)9)26-25-42(6)34(37(32)44)17-18-36-41(5)22-20-33(30-13-15-31(16-14-30)38(48)49)40(3,4)35(41)21-23-43(36,42)7/h13-16,20,32,34-37H,1,10-12,17-19,21-28H2,2-9H3,(H,48,49)(H2,45,46,50)/t32-,34+,35-,36+,37+,41-,42+,43+,44-/m0/s1. The Morgan fingerprint density at radius 3 is 2.26 bits per heavy atom. The second kappa shape index (κ2) is 13.4. The highest BCUT2D eigenvalue weighted by Crippen LogP contribution is 2.76. The Hall–Kier alpha value is -2.60. The summed E-state index contributed by atoms with van der Waals surface area (Å²) in [7, 11) is 4.23. The third kappa shape index (κ3) is 5.97. The van der Waals surface area contributed by atoms with E-state index in [-0.39, 0.29) is 33.2 Å². The molecule has 6 heteroatoms. The maximum absolute atomic E-state index is 13.5. The summed E-state index contributed by atoms with van der Waals surface area (Å²) >= 11 is 0. The fraction of sp³-hybridized carbons (Fsp3) is 0.727. The van der Waals surface area contributed by atoms with Crippen LogP contribution in [0.2, 0.25) is 0 Å². The van der Waals surface area contributed by atoms with Crippen molar-refractivity contribution in [2.75, 3.05) is 27.2 Å². The molecule has 0 saturated heterocycles. The first-order valence-corrected chi connectivity index (χ1v) is 19.9. The average Bonchev–Trinajstić information content (AvgIpc) is 3.42. The molecule has 0 spiro atoms. The molecule has 6 rings (SSSR count). The van der Waals surface area contributed by atoms with Crippen LogP contribution >= 0.6 is 0 Å². The molecule has 1 aromatic carbocycles. The number of nitrogens with one attached hydrogen (secondary N) is 2. The van der Waals surface area contributed by atoms with Crippen LogP contribution in [-0.2, 0) is 0 Å². The van der Waals surface area contributed by atoms with Crippen LogP contribution in [0, 0.1) is 51.2 Å². The number of rotatable bonds is 10. The van der Waals surface area contributed by atoms with Gasteiger partial charge in [-0.15, -0.1) is 0 Å². The molecule has 4 fully saturated rings. The number of carbonyl (C=O) groups is 2. The second-order valence-corrected chi connectivity index (χ2v) is 19.0. The molecule has 0 heterocycles. The number of fused-ring (bicyclic) bond motifs is 7.